The van der Waals surface area contributed by atoms with Gasteiger partial charge in [0.15, 0.2) is 0 Å². The predicted octanol–water partition coefficient (Wildman–Crippen LogP) is 2.47. The second kappa shape index (κ2) is 10.6. The lowest BCUT2D eigenvalue weighted by Gasteiger charge is -2.24. The van der Waals surface area contributed by atoms with Crippen LogP contribution in [0.15, 0.2) is 36.9 Å². The van der Waals surface area contributed by atoms with E-state index < -0.39 is 12.1 Å². The number of esters is 1. The van der Waals surface area contributed by atoms with E-state index in [1.165, 1.54) is 4.90 Å². The molecular weight excluding hydrogens is 360 g/mol. The molecule has 0 aliphatic carbocycles. The molecule has 7 nitrogen and oxygen atoms in total. The molecule has 0 aromatic heterocycles. The summed E-state index contributed by atoms with van der Waals surface area (Å²) in [7, 11) is 1.68. The second-order valence-electron chi connectivity index (χ2n) is 6.55. The van der Waals surface area contributed by atoms with Gasteiger partial charge in [-0.3, -0.25) is 9.59 Å². The monoisotopic (exact) mass is 388 g/mol. The topological polar surface area (TPSA) is 76.2 Å². The van der Waals surface area contributed by atoms with E-state index in [4.69, 9.17) is 9.47 Å². The van der Waals surface area contributed by atoms with Crippen LogP contribution >= 0.6 is 0 Å². The number of allylic oxidation sites excluding steroid dienone is 1. The molecule has 1 atom stereocenters. The molecule has 2 amide bonds. The molecule has 1 aromatic rings. The average molecular weight is 388 g/mol. The summed E-state index contributed by atoms with van der Waals surface area (Å²) < 4.78 is 10.8. The van der Waals surface area contributed by atoms with Gasteiger partial charge in [0, 0.05) is 31.3 Å². The van der Waals surface area contributed by atoms with Gasteiger partial charge in [-0.05, 0) is 25.8 Å². The van der Waals surface area contributed by atoms with Crippen LogP contribution in [-0.2, 0) is 23.9 Å². The average Bonchev–Trinajstić information content (AvgIpc) is 2.74. The van der Waals surface area contributed by atoms with E-state index in [0.717, 1.165) is 5.56 Å². The molecule has 1 aliphatic heterocycles. The molecule has 1 aromatic carbocycles. The maximum atomic E-state index is 12.7. The number of nitrogens with zero attached hydrogens (tertiary/aromatic N) is 2. The lowest BCUT2D eigenvalue weighted by Crippen LogP contribution is -2.41. The Morgan fingerprint density at radius 1 is 1.32 bits per heavy atom. The molecule has 7 heteroatoms. The van der Waals surface area contributed by atoms with E-state index in [1.807, 2.05) is 24.3 Å². The minimum atomic E-state index is -0.441. The summed E-state index contributed by atoms with van der Waals surface area (Å²) in [5.74, 6) is -0.717. The summed E-state index contributed by atoms with van der Waals surface area (Å²) in [5.41, 5.74) is 1.52. The number of hydrogen-bond acceptors (Lipinski definition) is 5. The van der Waals surface area contributed by atoms with E-state index in [0.29, 0.717) is 31.5 Å². The normalized spacial score (nSPS) is 17.2. The molecule has 2 rings (SSSR count). The van der Waals surface area contributed by atoms with Gasteiger partial charge in [-0.2, -0.15) is 0 Å². The first-order valence-corrected chi connectivity index (χ1v) is 9.49. The third kappa shape index (κ3) is 5.66. The minimum absolute atomic E-state index is 0.00536. The lowest BCUT2D eigenvalue weighted by atomic mass is 10.0. The summed E-state index contributed by atoms with van der Waals surface area (Å²) >= 11 is 0. The molecule has 28 heavy (non-hydrogen) atoms. The van der Waals surface area contributed by atoms with Crippen LogP contribution in [0.5, 0.6) is 0 Å². The molecule has 1 heterocycles. The maximum absolute atomic E-state index is 12.7. The Labute approximate surface area is 165 Å². The zero-order valence-corrected chi connectivity index (χ0v) is 16.6. The molecule has 0 saturated heterocycles. The third-order valence-electron chi connectivity index (χ3n) is 4.63. The van der Waals surface area contributed by atoms with Crippen LogP contribution in [0.1, 0.15) is 37.9 Å². The van der Waals surface area contributed by atoms with E-state index in [9.17, 15) is 14.4 Å². The van der Waals surface area contributed by atoms with E-state index in [2.05, 4.69) is 6.58 Å². The Bertz CT molecular complexity index is 719. The number of likely N-dealkylation sites (N-methyl/N-ethyl adjacent to an activating group) is 1. The molecule has 1 aliphatic rings. The number of ether oxygens (including phenoxy) is 2. The second-order valence-corrected chi connectivity index (χ2v) is 6.55. The highest BCUT2D eigenvalue weighted by atomic mass is 16.6. The molecular formula is C21H28N2O5. The number of hydrogen-bond donors (Lipinski definition) is 0. The number of carbonyl (C=O) groups excluding carboxylic acids is 3. The van der Waals surface area contributed by atoms with Gasteiger partial charge in [0.05, 0.1) is 12.7 Å². The fraction of sp³-hybridized carbons (Fsp3) is 0.476. The number of fused-ring (bicyclic) bond motifs is 1. The van der Waals surface area contributed by atoms with Crippen LogP contribution in [0, 0.1) is 0 Å². The van der Waals surface area contributed by atoms with Gasteiger partial charge in [0.1, 0.15) is 13.2 Å². The van der Waals surface area contributed by atoms with Gasteiger partial charge in [-0.15, -0.1) is 6.58 Å². The first-order valence-electron chi connectivity index (χ1n) is 9.49. The number of para-hydroxylation sites is 1. The van der Waals surface area contributed by atoms with E-state index in [1.54, 1.807) is 24.9 Å². The first-order chi connectivity index (χ1) is 13.5. The van der Waals surface area contributed by atoms with Crippen molar-refractivity contribution in [3.63, 3.8) is 0 Å². The molecule has 0 bridgehead atoms. The summed E-state index contributed by atoms with van der Waals surface area (Å²) in [5, 5.41) is 0. The molecule has 0 saturated carbocycles. The van der Waals surface area contributed by atoms with Crippen molar-refractivity contribution in [1.82, 2.24) is 4.90 Å². The van der Waals surface area contributed by atoms with Crippen molar-refractivity contribution in [3.05, 3.63) is 42.5 Å². The Balaban J connectivity index is 2.27. The molecule has 0 fully saturated rings. The van der Waals surface area contributed by atoms with Gasteiger partial charge < -0.3 is 19.3 Å². The van der Waals surface area contributed by atoms with Crippen LogP contribution in [0.4, 0.5) is 5.69 Å². The fourth-order valence-corrected chi connectivity index (χ4v) is 3.12. The molecule has 0 radical (unpaired) electrons. The van der Waals surface area contributed by atoms with Crippen LogP contribution in [-0.4, -0.2) is 56.0 Å². The van der Waals surface area contributed by atoms with E-state index >= 15 is 0 Å². The van der Waals surface area contributed by atoms with Crippen molar-refractivity contribution in [2.24, 2.45) is 0 Å². The zero-order valence-electron chi connectivity index (χ0n) is 16.6. The summed E-state index contributed by atoms with van der Waals surface area (Å²) in [6.45, 7) is 5.84. The minimum Gasteiger partial charge on any atom is -0.464 e. The number of rotatable bonds is 7. The standard InChI is InChI=1S/C21H28N2O5/c1-4-6-11-19(24)23-13-12-18(28-15-21(26)27-5-2)16-9-7-8-10-17(16)22(3)20(25)14-23/h4,7-10,18H,1,5-6,11-15H2,2-3H3. The fourth-order valence-electron chi connectivity index (χ4n) is 3.12. The smallest absolute Gasteiger partial charge is 0.332 e. The predicted molar refractivity (Wildman–Crippen MR) is 106 cm³/mol. The summed E-state index contributed by atoms with van der Waals surface area (Å²) in [6, 6.07) is 7.42. The zero-order chi connectivity index (χ0) is 20.5. The van der Waals surface area contributed by atoms with Gasteiger partial charge >= 0.3 is 5.97 Å². The molecule has 1 unspecified atom stereocenters. The molecule has 152 valence electrons. The Morgan fingerprint density at radius 3 is 2.79 bits per heavy atom. The van der Waals surface area contributed by atoms with Crippen molar-refractivity contribution in [3.8, 4) is 0 Å². The van der Waals surface area contributed by atoms with Gasteiger partial charge in [-0.25, -0.2) is 4.79 Å². The number of benzene rings is 1. The highest BCUT2D eigenvalue weighted by Crippen LogP contribution is 2.32. The van der Waals surface area contributed by atoms with Gasteiger partial charge in [0.25, 0.3) is 0 Å². The molecule has 0 N–H and O–H groups in total. The molecule has 0 spiro atoms. The van der Waals surface area contributed by atoms with Crippen LogP contribution in [0.2, 0.25) is 0 Å². The Hall–Kier alpha value is -2.67. The largest absolute Gasteiger partial charge is 0.464 e. The number of carbonyl (C=O) groups is 3. The van der Waals surface area contributed by atoms with Crippen LogP contribution in [0.25, 0.3) is 0 Å². The van der Waals surface area contributed by atoms with Crippen molar-refractivity contribution < 1.29 is 23.9 Å². The number of anilines is 1. The van der Waals surface area contributed by atoms with Crippen LogP contribution < -0.4 is 4.90 Å². The van der Waals surface area contributed by atoms with Crippen LogP contribution in [0.3, 0.4) is 0 Å². The highest BCUT2D eigenvalue weighted by Gasteiger charge is 2.28. The van der Waals surface area contributed by atoms with E-state index in [-0.39, 0.29) is 31.6 Å². The Morgan fingerprint density at radius 2 is 2.07 bits per heavy atom. The van der Waals surface area contributed by atoms with Gasteiger partial charge in [0.2, 0.25) is 11.8 Å². The van der Waals surface area contributed by atoms with Crippen molar-refractivity contribution in [2.75, 3.05) is 38.3 Å². The summed E-state index contributed by atoms with van der Waals surface area (Å²) in [4.78, 5) is 40.1. The van der Waals surface area contributed by atoms with Gasteiger partial charge in [-0.1, -0.05) is 24.3 Å². The van der Waals surface area contributed by atoms with Crippen molar-refractivity contribution >= 4 is 23.5 Å². The maximum Gasteiger partial charge on any atom is 0.332 e. The van der Waals surface area contributed by atoms with Crippen molar-refractivity contribution in [1.29, 1.82) is 0 Å². The Kier molecular flexibility index (Phi) is 8.19. The number of amides is 2. The lowest BCUT2D eigenvalue weighted by molar-refractivity contribution is -0.151. The first kappa shape index (κ1) is 21.6. The third-order valence-corrected chi connectivity index (χ3v) is 4.63. The SMILES string of the molecule is C=CCCC(=O)N1CCC(OCC(=O)OCC)c2ccccc2N(C)C(=O)C1. The van der Waals surface area contributed by atoms with Crippen molar-refractivity contribution in [2.45, 2.75) is 32.3 Å². The quantitative estimate of drug-likeness (QED) is 0.530. The highest BCUT2D eigenvalue weighted by molar-refractivity contribution is 5.97. The summed E-state index contributed by atoms with van der Waals surface area (Å²) in [6.07, 6.45) is 2.58.